The second kappa shape index (κ2) is 3.97. The molecule has 0 fully saturated rings. The standard InChI is InChI=1S/C17H12OS/c1-11-16(15-7-4-10-19-15)17-13-6-3-2-5-12(13)8-9-14(17)18-11/h2-10H,1H3. The van der Waals surface area contributed by atoms with Crippen molar-refractivity contribution in [3.05, 3.63) is 59.7 Å². The highest BCUT2D eigenvalue weighted by Gasteiger charge is 2.15. The Kier molecular flexibility index (Phi) is 2.26. The molecule has 2 aromatic carbocycles. The molecule has 0 saturated carbocycles. The predicted octanol–water partition coefficient (Wildman–Crippen LogP) is 5.62. The fraction of sp³-hybridized carbons (Fsp3) is 0.0588. The smallest absolute Gasteiger partial charge is 0.135 e. The first-order chi connectivity index (χ1) is 9.34. The molecule has 2 heteroatoms. The Hall–Kier alpha value is -2.06. The summed E-state index contributed by atoms with van der Waals surface area (Å²) in [5.74, 6) is 0.994. The van der Waals surface area contributed by atoms with Gasteiger partial charge in [-0.1, -0.05) is 36.4 Å². The third kappa shape index (κ3) is 1.53. The third-order valence-corrected chi connectivity index (χ3v) is 4.41. The van der Waals surface area contributed by atoms with E-state index in [1.807, 2.05) is 6.92 Å². The molecule has 4 rings (SSSR count). The molecule has 0 amide bonds. The van der Waals surface area contributed by atoms with E-state index in [1.54, 1.807) is 11.3 Å². The first kappa shape index (κ1) is 10.8. The average Bonchev–Trinajstić information content (AvgIpc) is 3.04. The first-order valence-corrected chi connectivity index (χ1v) is 7.17. The Labute approximate surface area is 115 Å². The molecular formula is C17H12OS. The normalized spacial score (nSPS) is 11.4. The van der Waals surface area contributed by atoms with Crippen molar-refractivity contribution in [2.24, 2.45) is 0 Å². The number of hydrogen-bond donors (Lipinski definition) is 0. The maximum absolute atomic E-state index is 5.94. The van der Waals surface area contributed by atoms with Crippen molar-refractivity contribution in [3.63, 3.8) is 0 Å². The van der Waals surface area contributed by atoms with Gasteiger partial charge in [-0.25, -0.2) is 0 Å². The van der Waals surface area contributed by atoms with Crippen molar-refractivity contribution in [1.82, 2.24) is 0 Å². The zero-order chi connectivity index (χ0) is 12.8. The fourth-order valence-corrected chi connectivity index (χ4v) is 3.53. The van der Waals surface area contributed by atoms with Gasteiger partial charge in [-0.15, -0.1) is 11.3 Å². The lowest BCUT2D eigenvalue weighted by molar-refractivity contribution is 0.580. The highest BCUT2D eigenvalue weighted by Crippen LogP contribution is 2.40. The second-order valence-corrected chi connectivity index (χ2v) is 5.62. The number of thiophene rings is 1. The summed E-state index contributed by atoms with van der Waals surface area (Å²) in [5.41, 5.74) is 2.21. The highest BCUT2D eigenvalue weighted by molar-refractivity contribution is 7.13. The summed E-state index contributed by atoms with van der Waals surface area (Å²) in [6.45, 7) is 2.05. The van der Waals surface area contributed by atoms with E-state index in [0.29, 0.717) is 0 Å². The summed E-state index contributed by atoms with van der Waals surface area (Å²) >= 11 is 1.76. The Morgan fingerprint density at radius 3 is 2.68 bits per heavy atom. The molecule has 0 aliphatic rings. The van der Waals surface area contributed by atoms with Crippen LogP contribution in [0.5, 0.6) is 0 Å². The number of furan rings is 1. The third-order valence-electron chi connectivity index (χ3n) is 3.52. The fourth-order valence-electron chi connectivity index (χ4n) is 2.70. The minimum Gasteiger partial charge on any atom is -0.461 e. The molecule has 0 radical (unpaired) electrons. The van der Waals surface area contributed by atoms with Gasteiger partial charge < -0.3 is 4.42 Å². The second-order valence-electron chi connectivity index (χ2n) is 4.67. The van der Waals surface area contributed by atoms with Gasteiger partial charge in [0, 0.05) is 15.8 Å². The van der Waals surface area contributed by atoms with Crippen molar-refractivity contribution in [3.8, 4) is 10.4 Å². The molecule has 4 aromatic rings. The minimum atomic E-state index is 0.972. The van der Waals surface area contributed by atoms with Crippen LogP contribution in [-0.4, -0.2) is 0 Å². The number of fused-ring (bicyclic) bond motifs is 3. The molecule has 0 aliphatic heterocycles. The van der Waals surface area contributed by atoms with Gasteiger partial charge in [0.25, 0.3) is 0 Å². The number of benzene rings is 2. The largest absolute Gasteiger partial charge is 0.461 e. The monoisotopic (exact) mass is 264 g/mol. The first-order valence-electron chi connectivity index (χ1n) is 6.29. The Balaban J connectivity index is 2.23. The van der Waals surface area contributed by atoms with Crippen LogP contribution in [0.4, 0.5) is 0 Å². The van der Waals surface area contributed by atoms with Crippen LogP contribution >= 0.6 is 11.3 Å². The Bertz CT molecular complexity index is 869. The lowest BCUT2D eigenvalue weighted by Gasteiger charge is -2.01. The van der Waals surface area contributed by atoms with Gasteiger partial charge in [0.05, 0.1) is 0 Å². The van der Waals surface area contributed by atoms with Gasteiger partial charge in [-0.05, 0) is 35.2 Å². The van der Waals surface area contributed by atoms with E-state index in [0.717, 1.165) is 11.3 Å². The molecule has 0 atom stereocenters. The van der Waals surface area contributed by atoms with Crippen molar-refractivity contribution >= 4 is 33.1 Å². The van der Waals surface area contributed by atoms with Crippen LogP contribution in [0.15, 0.2) is 58.3 Å². The van der Waals surface area contributed by atoms with E-state index >= 15 is 0 Å². The summed E-state index contributed by atoms with van der Waals surface area (Å²) in [4.78, 5) is 1.27. The van der Waals surface area contributed by atoms with E-state index in [1.165, 1.54) is 26.6 Å². The van der Waals surface area contributed by atoms with Gasteiger partial charge >= 0.3 is 0 Å². The van der Waals surface area contributed by atoms with Crippen molar-refractivity contribution < 1.29 is 4.42 Å². The van der Waals surface area contributed by atoms with Crippen LogP contribution < -0.4 is 0 Å². The SMILES string of the molecule is Cc1oc2ccc3ccccc3c2c1-c1cccs1. The lowest BCUT2D eigenvalue weighted by atomic mass is 10.0. The molecule has 0 bridgehead atoms. The maximum atomic E-state index is 5.94. The van der Waals surface area contributed by atoms with Crippen LogP contribution in [-0.2, 0) is 0 Å². The van der Waals surface area contributed by atoms with Crippen LogP contribution in [0.25, 0.3) is 32.2 Å². The van der Waals surface area contributed by atoms with E-state index in [4.69, 9.17) is 4.42 Å². The number of aryl methyl sites for hydroxylation is 1. The molecule has 1 nitrogen and oxygen atoms in total. The molecule has 0 N–H and O–H groups in total. The van der Waals surface area contributed by atoms with E-state index in [-0.39, 0.29) is 0 Å². The van der Waals surface area contributed by atoms with Crippen molar-refractivity contribution in [2.45, 2.75) is 6.92 Å². The van der Waals surface area contributed by atoms with E-state index < -0.39 is 0 Å². The zero-order valence-corrected chi connectivity index (χ0v) is 11.3. The van der Waals surface area contributed by atoms with Gasteiger partial charge in [-0.2, -0.15) is 0 Å². The topological polar surface area (TPSA) is 13.1 Å². The Morgan fingerprint density at radius 1 is 0.947 bits per heavy atom. The molecule has 19 heavy (non-hydrogen) atoms. The molecule has 2 aromatic heterocycles. The van der Waals surface area contributed by atoms with Gasteiger partial charge in [0.1, 0.15) is 11.3 Å². The van der Waals surface area contributed by atoms with Crippen molar-refractivity contribution in [1.29, 1.82) is 0 Å². The molecule has 92 valence electrons. The van der Waals surface area contributed by atoms with Crippen molar-refractivity contribution in [2.75, 3.05) is 0 Å². The molecule has 0 aliphatic carbocycles. The molecule has 0 unspecified atom stereocenters. The number of hydrogen-bond acceptors (Lipinski definition) is 2. The maximum Gasteiger partial charge on any atom is 0.135 e. The predicted molar refractivity (Wildman–Crippen MR) is 81.8 cm³/mol. The molecule has 2 heterocycles. The Morgan fingerprint density at radius 2 is 1.84 bits per heavy atom. The summed E-state index contributed by atoms with van der Waals surface area (Å²) in [6.07, 6.45) is 0. The van der Waals surface area contributed by atoms with Crippen LogP contribution in [0.1, 0.15) is 5.76 Å². The summed E-state index contributed by atoms with van der Waals surface area (Å²) in [5, 5.41) is 5.87. The minimum absolute atomic E-state index is 0.972. The molecule has 0 spiro atoms. The van der Waals surface area contributed by atoms with Gasteiger partial charge in [0.2, 0.25) is 0 Å². The highest BCUT2D eigenvalue weighted by atomic mass is 32.1. The number of rotatable bonds is 1. The van der Waals surface area contributed by atoms with Gasteiger partial charge in [0.15, 0.2) is 0 Å². The van der Waals surface area contributed by atoms with Crippen LogP contribution in [0, 0.1) is 6.92 Å². The van der Waals surface area contributed by atoms with E-state index in [9.17, 15) is 0 Å². The quantitative estimate of drug-likeness (QED) is 0.434. The lowest BCUT2D eigenvalue weighted by Crippen LogP contribution is -1.76. The summed E-state index contributed by atoms with van der Waals surface area (Å²) < 4.78 is 5.94. The molecule has 0 saturated heterocycles. The molecular weight excluding hydrogens is 252 g/mol. The summed E-state index contributed by atoms with van der Waals surface area (Å²) in [7, 11) is 0. The van der Waals surface area contributed by atoms with Gasteiger partial charge in [-0.3, -0.25) is 0 Å². The average molecular weight is 264 g/mol. The van der Waals surface area contributed by atoms with E-state index in [2.05, 4.69) is 53.9 Å². The van der Waals surface area contributed by atoms with Crippen LogP contribution in [0.2, 0.25) is 0 Å². The van der Waals surface area contributed by atoms with Crippen LogP contribution in [0.3, 0.4) is 0 Å². The zero-order valence-electron chi connectivity index (χ0n) is 10.5. The summed E-state index contributed by atoms with van der Waals surface area (Å²) in [6, 6.07) is 16.9.